The van der Waals surface area contributed by atoms with Gasteiger partial charge in [0.1, 0.15) is 5.82 Å². The first-order valence-electron chi connectivity index (χ1n) is 7.44. The van der Waals surface area contributed by atoms with Crippen LogP contribution >= 0.6 is 11.6 Å². The van der Waals surface area contributed by atoms with E-state index in [-0.39, 0.29) is 24.8 Å². The number of carbonyl (C=O) groups excluding carboxylic acids is 2. The van der Waals surface area contributed by atoms with Gasteiger partial charge in [-0.3, -0.25) is 9.59 Å². The number of ether oxygens (including phenoxy) is 1. The van der Waals surface area contributed by atoms with E-state index < -0.39 is 5.97 Å². The van der Waals surface area contributed by atoms with Gasteiger partial charge >= 0.3 is 5.97 Å². The topological polar surface area (TPSA) is 55.4 Å². The highest BCUT2D eigenvalue weighted by molar-refractivity contribution is 6.30. The molecule has 0 radical (unpaired) electrons. The molecule has 4 nitrogen and oxygen atoms in total. The van der Waals surface area contributed by atoms with Crippen LogP contribution in [0.25, 0.3) is 0 Å². The molecule has 126 valence electrons. The quantitative estimate of drug-likeness (QED) is 0.782. The molecule has 0 aliphatic carbocycles. The number of hydrogen-bond acceptors (Lipinski definition) is 3. The summed E-state index contributed by atoms with van der Waals surface area (Å²) in [6.45, 7) is 0.0876. The van der Waals surface area contributed by atoms with Crippen molar-refractivity contribution in [1.82, 2.24) is 5.32 Å². The third-order valence-corrected chi connectivity index (χ3v) is 3.49. The molecule has 1 amide bonds. The Morgan fingerprint density at radius 3 is 2.54 bits per heavy atom. The van der Waals surface area contributed by atoms with Gasteiger partial charge in [0.05, 0.1) is 6.42 Å². The highest BCUT2D eigenvalue weighted by Gasteiger charge is 2.08. The fraction of sp³-hybridized carbons (Fsp3) is 0.222. The molecule has 0 saturated heterocycles. The Kier molecular flexibility index (Phi) is 6.75. The summed E-state index contributed by atoms with van der Waals surface area (Å²) in [6.07, 6.45) is 0.631. The summed E-state index contributed by atoms with van der Waals surface area (Å²) in [5.74, 6) is -1.28. The van der Waals surface area contributed by atoms with E-state index in [4.69, 9.17) is 16.3 Å². The number of halogens is 2. The van der Waals surface area contributed by atoms with Crippen molar-refractivity contribution in [3.05, 3.63) is 70.5 Å². The maximum atomic E-state index is 12.8. The number of amides is 1. The Bertz CT molecular complexity index is 704. The van der Waals surface area contributed by atoms with Crippen LogP contribution in [-0.2, 0) is 27.2 Å². The largest absolute Gasteiger partial charge is 0.455 e. The average molecular weight is 350 g/mol. The van der Waals surface area contributed by atoms with Gasteiger partial charge in [0.15, 0.2) is 6.61 Å². The summed E-state index contributed by atoms with van der Waals surface area (Å²) in [7, 11) is 0. The number of rotatable bonds is 7. The predicted molar refractivity (Wildman–Crippen MR) is 89.2 cm³/mol. The zero-order valence-electron chi connectivity index (χ0n) is 12.9. The molecule has 0 atom stereocenters. The fourth-order valence-electron chi connectivity index (χ4n) is 2.06. The van der Waals surface area contributed by atoms with Crippen LogP contribution in [-0.4, -0.2) is 25.0 Å². The lowest BCUT2D eigenvalue weighted by Gasteiger charge is -2.07. The number of carbonyl (C=O) groups is 2. The van der Waals surface area contributed by atoms with Crippen LogP contribution in [0.2, 0.25) is 5.02 Å². The number of nitrogens with one attached hydrogen (secondary N) is 1. The molecule has 2 aromatic rings. The van der Waals surface area contributed by atoms with E-state index in [1.54, 1.807) is 6.07 Å². The van der Waals surface area contributed by atoms with Crippen LogP contribution in [0.4, 0.5) is 4.39 Å². The molecule has 0 aromatic heterocycles. The smallest absolute Gasteiger partial charge is 0.310 e. The van der Waals surface area contributed by atoms with Crippen LogP contribution in [0, 0.1) is 5.82 Å². The summed E-state index contributed by atoms with van der Waals surface area (Å²) >= 11 is 5.88. The predicted octanol–water partition coefficient (Wildman–Crippen LogP) is 2.92. The lowest BCUT2D eigenvalue weighted by Crippen LogP contribution is -2.30. The molecule has 1 N–H and O–H groups in total. The molecule has 0 unspecified atom stereocenters. The van der Waals surface area contributed by atoms with Crippen molar-refractivity contribution < 1.29 is 18.7 Å². The van der Waals surface area contributed by atoms with Gasteiger partial charge in [-0.25, -0.2) is 4.39 Å². The second-order valence-corrected chi connectivity index (χ2v) is 5.63. The molecule has 0 aliphatic rings. The molecule has 0 heterocycles. The molecule has 0 aliphatic heterocycles. The Morgan fingerprint density at radius 1 is 1.08 bits per heavy atom. The van der Waals surface area contributed by atoms with E-state index in [1.807, 2.05) is 18.2 Å². The third kappa shape index (κ3) is 6.38. The lowest BCUT2D eigenvalue weighted by molar-refractivity contribution is -0.147. The first kappa shape index (κ1) is 17.9. The van der Waals surface area contributed by atoms with Crippen LogP contribution < -0.4 is 5.32 Å². The molecule has 2 aromatic carbocycles. The Hall–Kier alpha value is -2.40. The summed E-state index contributed by atoms with van der Waals surface area (Å²) in [6, 6.07) is 12.9. The van der Waals surface area contributed by atoms with Crippen molar-refractivity contribution in [2.45, 2.75) is 12.8 Å². The minimum atomic E-state index is -0.536. The minimum absolute atomic E-state index is 0.00389. The molecule has 24 heavy (non-hydrogen) atoms. The standard InChI is InChI=1S/C18H17ClFNO3/c19-15-3-1-2-13(10-15)8-9-21-17(22)12-24-18(23)11-14-4-6-16(20)7-5-14/h1-7,10H,8-9,11-12H2,(H,21,22). The SMILES string of the molecule is O=C(COC(=O)Cc1ccc(F)cc1)NCCc1cccc(Cl)c1. The van der Waals surface area contributed by atoms with Crippen molar-refractivity contribution in [3.8, 4) is 0 Å². The molecule has 0 fully saturated rings. The van der Waals surface area contributed by atoms with Crippen LogP contribution in [0.5, 0.6) is 0 Å². The zero-order valence-corrected chi connectivity index (χ0v) is 13.7. The van der Waals surface area contributed by atoms with Gasteiger partial charge in [-0.2, -0.15) is 0 Å². The van der Waals surface area contributed by atoms with Crippen molar-refractivity contribution >= 4 is 23.5 Å². The third-order valence-electron chi connectivity index (χ3n) is 3.25. The van der Waals surface area contributed by atoms with E-state index in [1.165, 1.54) is 24.3 Å². The maximum Gasteiger partial charge on any atom is 0.310 e. The van der Waals surface area contributed by atoms with Gasteiger partial charge in [0.2, 0.25) is 0 Å². The van der Waals surface area contributed by atoms with E-state index in [9.17, 15) is 14.0 Å². The van der Waals surface area contributed by atoms with E-state index >= 15 is 0 Å². The fourth-order valence-corrected chi connectivity index (χ4v) is 2.27. The van der Waals surface area contributed by atoms with Gasteiger partial charge in [-0.1, -0.05) is 35.9 Å². The molecule has 6 heteroatoms. The van der Waals surface area contributed by atoms with Crippen LogP contribution in [0.1, 0.15) is 11.1 Å². The second kappa shape index (κ2) is 9.03. The zero-order chi connectivity index (χ0) is 17.4. The first-order chi connectivity index (χ1) is 11.5. The first-order valence-corrected chi connectivity index (χ1v) is 7.82. The van der Waals surface area contributed by atoms with Gasteiger partial charge in [-0.15, -0.1) is 0 Å². The molecule has 2 rings (SSSR count). The van der Waals surface area contributed by atoms with Gasteiger partial charge in [0.25, 0.3) is 5.91 Å². The van der Waals surface area contributed by atoms with E-state index in [0.717, 1.165) is 5.56 Å². The van der Waals surface area contributed by atoms with Crippen LogP contribution in [0.15, 0.2) is 48.5 Å². The summed E-state index contributed by atoms with van der Waals surface area (Å²) < 4.78 is 17.7. The second-order valence-electron chi connectivity index (χ2n) is 5.19. The summed E-state index contributed by atoms with van der Waals surface area (Å²) in [5, 5.41) is 3.32. The van der Waals surface area contributed by atoms with Gasteiger partial charge in [0, 0.05) is 11.6 Å². The monoisotopic (exact) mass is 349 g/mol. The highest BCUT2D eigenvalue weighted by atomic mass is 35.5. The highest BCUT2D eigenvalue weighted by Crippen LogP contribution is 2.10. The minimum Gasteiger partial charge on any atom is -0.455 e. The molecular weight excluding hydrogens is 333 g/mol. The molecule has 0 spiro atoms. The van der Waals surface area contributed by atoms with Crippen LogP contribution in [0.3, 0.4) is 0 Å². The number of esters is 1. The number of hydrogen-bond donors (Lipinski definition) is 1. The van der Waals surface area contributed by atoms with Gasteiger partial charge < -0.3 is 10.1 Å². The van der Waals surface area contributed by atoms with Crippen molar-refractivity contribution in [3.63, 3.8) is 0 Å². The van der Waals surface area contributed by atoms with Crippen molar-refractivity contribution in [2.24, 2.45) is 0 Å². The van der Waals surface area contributed by atoms with E-state index in [2.05, 4.69) is 5.32 Å². The summed E-state index contributed by atoms with van der Waals surface area (Å²) in [5.41, 5.74) is 1.64. The molecular formula is C18H17ClFNO3. The van der Waals surface area contributed by atoms with Gasteiger partial charge in [-0.05, 0) is 41.8 Å². The average Bonchev–Trinajstić information content (AvgIpc) is 2.55. The van der Waals surface area contributed by atoms with Crippen molar-refractivity contribution in [2.75, 3.05) is 13.2 Å². The maximum absolute atomic E-state index is 12.8. The Labute approximate surface area is 144 Å². The summed E-state index contributed by atoms with van der Waals surface area (Å²) in [4.78, 5) is 23.3. The van der Waals surface area contributed by atoms with Crippen molar-refractivity contribution in [1.29, 1.82) is 0 Å². The number of benzene rings is 2. The lowest BCUT2D eigenvalue weighted by atomic mass is 10.1. The Morgan fingerprint density at radius 2 is 1.83 bits per heavy atom. The van der Waals surface area contributed by atoms with E-state index in [0.29, 0.717) is 23.6 Å². The molecule has 0 bridgehead atoms. The molecule has 0 saturated carbocycles. The Balaban J connectivity index is 1.65. The normalized spacial score (nSPS) is 10.2.